The lowest BCUT2D eigenvalue weighted by Crippen LogP contribution is -2.60. The number of benzene rings is 1. The number of likely N-dealkylation sites (N-methyl/N-ethyl adjacent to an activating group) is 2. The third-order valence-corrected chi connectivity index (χ3v) is 10.3. The van der Waals surface area contributed by atoms with E-state index in [1.165, 1.54) is 26.2 Å². The van der Waals surface area contributed by atoms with E-state index in [1.807, 2.05) is 71.9 Å². The second kappa shape index (κ2) is 20.4. The van der Waals surface area contributed by atoms with Gasteiger partial charge in [-0.05, 0) is 36.2 Å². The summed E-state index contributed by atoms with van der Waals surface area (Å²) in [5.41, 5.74) is 6.41. The van der Waals surface area contributed by atoms with Crippen molar-refractivity contribution in [3.8, 4) is 0 Å². The monoisotopic (exact) mass is 717 g/mol. The number of nitrogens with one attached hydrogen (secondary N) is 1. The molecule has 2 rings (SSSR count). The Bertz CT molecular complexity index is 1290. The summed E-state index contributed by atoms with van der Waals surface area (Å²) in [6, 6.07) is 6.63. The minimum Gasteiger partial charge on any atom is -0.445 e. The van der Waals surface area contributed by atoms with Crippen LogP contribution in [-0.4, -0.2) is 116 Å². The van der Waals surface area contributed by atoms with E-state index in [2.05, 4.69) is 5.32 Å². The number of amides is 5. The van der Waals surface area contributed by atoms with Crippen molar-refractivity contribution < 1.29 is 38.2 Å². The van der Waals surface area contributed by atoms with Gasteiger partial charge in [0.2, 0.25) is 23.6 Å². The van der Waals surface area contributed by atoms with E-state index in [4.69, 9.17) is 19.9 Å². The van der Waals surface area contributed by atoms with Gasteiger partial charge in [0.15, 0.2) is 0 Å². The normalized spacial score (nSPS) is 18.7. The smallest absolute Gasteiger partial charge is 0.410 e. The number of primary amides is 1. The van der Waals surface area contributed by atoms with Crippen LogP contribution >= 0.6 is 0 Å². The molecule has 51 heavy (non-hydrogen) atoms. The predicted octanol–water partition coefficient (Wildman–Crippen LogP) is 3.83. The van der Waals surface area contributed by atoms with E-state index in [1.54, 1.807) is 23.8 Å². The molecule has 1 aromatic carbocycles. The molecule has 13 nitrogen and oxygen atoms in total. The van der Waals surface area contributed by atoms with E-state index in [9.17, 15) is 24.0 Å². The van der Waals surface area contributed by atoms with Crippen molar-refractivity contribution in [2.24, 2.45) is 29.4 Å². The van der Waals surface area contributed by atoms with Crippen LogP contribution in [-0.2, 0) is 40.0 Å². The molecule has 1 aliphatic heterocycles. The first-order valence-corrected chi connectivity index (χ1v) is 18.2. The Balaban J connectivity index is 2.27. The quantitative estimate of drug-likeness (QED) is 0.218. The fourth-order valence-electron chi connectivity index (χ4n) is 7.15. The van der Waals surface area contributed by atoms with E-state index >= 15 is 0 Å². The summed E-state index contributed by atoms with van der Waals surface area (Å²) >= 11 is 0. The van der Waals surface area contributed by atoms with Crippen LogP contribution in [0.2, 0.25) is 0 Å². The Morgan fingerprint density at radius 1 is 0.941 bits per heavy atom. The summed E-state index contributed by atoms with van der Waals surface area (Å²) < 4.78 is 17.1. The van der Waals surface area contributed by atoms with Gasteiger partial charge in [-0.15, -0.1) is 0 Å². The molecule has 0 radical (unpaired) electrons. The first-order valence-electron chi connectivity index (χ1n) is 18.2. The van der Waals surface area contributed by atoms with Crippen LogP contribution in [0.25, 0.3) is 0 Å². The molecule has 13 heteroatoms. The van der Waals surface area contributed by atoms with E-state index < -0.39 is 54.2 Å². The lowest BCUT2D eigenvalue weighted by atomic mass is 9.89. The van der Waals surface area contributed by atoms with Gasteiger partial charge in [-0.25, -0.2) is 4.79 Å². The minimum absolute atomic E-state index is 0.00499. The number of carbonyl (C=O) groups excluding carboxylic acids is 5. The summed E-state index contributed by atoms with van der Waals surface area (Å²) in [4.78, 5) is 71.7. The molecular weight excluding hydrogens is 654 g/mol. The highest BCUT2D eigenvalue weighted by Crippen LogP contribution is 2.29. The van der Waals surface area contributed by atoms with Crippen LogP contribution in [0, 0.1) is 23.7 Å². The molecular formula is C38H63N5O8. The molecule has 1 aliphatic rings. The van der Waals surface area contributed by atoms with Crippen molar-refractivity contribution in [1.29, 1.82) is 0 Å². The summed E-state index contributed by atoms with van der Waals surface area (Å²) in [6.45, 7) is 13.7. The van der Waals surface area contributed by atoms with E-state index in [-0.39, 0.29) is 48.6 Å². The van der Waals surface area contributed by atoms with Gasteiger partial charge in [0.25, 0.3) is 0 Å². The molecule has 0 saturated carbocycles. The zero-order chi connectivity index (χ0) is 38.6. The molecule has 1 fully saturated rings. The molecule has 0 unspecified atom stereocenters. The van der Waals surface area contributed by atoms with Gasteiger partial charge in [0, 0.05) is 34.9 Å². The number of hydrogen-bond donors (Lipinski definition) is 2. The lowest BCUT2D eigenvalue weighted by molar-refractivity contribution is -0.147. The molecule has 0 bridgehead atoms. The molecule has 5 amide bonds. The molecule has 1 aromatic rings. The van der Waals surface area contributed by atoms with Gasteiger partial charge in [-0.3, -0.25) is 24.1 Å². The van der Waals surface area contributed by atoms with Gasteiger partial charge in [0.05, 0.1) is 36.6 Å². The van der Waals surface area contributed by atoms with Crippen molar-refractivity contribution in [2.45, 2.75) is 117 Å². The maximum Gasteiger partial charge on any atom is 0.410 e. The number of hydrogen-bond acceptors (Lipinski definition) is 8. The van der Waals surface area contributed by atoms with Gasteiger partial charge < -0.3 is 35.1 Å². The fraction of sp³-hybridized carbons (Fsp3) is 0.711. The maximum absolute atomic E-state index is 14.3. The molecule has 1 saturated heterocycles. The van der Waals surface area contributed by atoms with Crippen molar-refractivity contribution in [3.05, 3.63) is 35.9 Å². The Morgan fingerprint density at radius 2 is 1.57 bits per heavy atom. The summed E-state index contributed by atoms with van der Waals surface area (Å²) in [5.74, 6) is -2.68. The highest BCUT2D eigenvalue weighted by Gasteiger charge is 2.43. The van der Waals surface area contributed by atoms with Crippen molar-refractivity contribution in [1.82, 2.24) is 20.0 Å². The minimum atomic E-state index is -0.919. The fourth-order valence-corrected chi connectivity index (χ4v) is 7.15. The highest BCUT2D eigenvalue weighted by atomic mass is 16.6. The average Bonchev–Trinajstić information content (AvgIpc) is 3.58. The number of nitrogens with zero attached hydrogens (tertiary/aromatic N) is 3. The number of methoxy groups -OCH3 is 2. The molecule has 1 heterocycles. The van der Waals surface area contributed by atoms with Gasteiger partial charge in [0.1, 0.15) is 18.7 Å². The zero-order valence-electron chi connectivity index (χ0n) is 32.6. The van der Waals surface area contributed by atoms with Crippen LogP contribution in [0.15, 0.2) is 30.3 Å². The first-order chi connectivity index (χ1) is 24.0. The highest BCUT2D eigenvalue weighted by molar-refractivity contribution is 5.91. The third kappa shape index (κ3) is 11.4. The van der Waals surface area contributed by atoms with Crippen molar-refractivity contribution in [2.75, 3.05) is 34.9 Å². The van der Waals surface area contributed by atoms with Gasteiger partial charge in [-0.1, -0.05) is 85.2 Å². The number of rotatable bonds is 19. The van der Waals surface area contributed by atoms with Crippen LogP contribution in [0.4, 0.5) is 4.79 Å². The topological polar surface area (TPSA) is 161 Å². The maximum atomic E-state index is 14.3. The standard InChI is InChI=1S/C38H63N5O8/c1-12-25(6)33(29(49-10)21-30(44)43-20-16-19-28(43)34(50-11)26(7)35(39)45)41(8)37(47)31(23(2)3)40-36(46)32(24(4)5)42(9)38(48)51-22-27-17-14-13-15-18-27/h13-15,17-18,23-26,28-29,31-34H,12,16,19-22H2,1-11H3,(H2,39,45)(H,40,46)/t25-,26+,28-,29+,31-,32-,33-,34+/m0/s1. The number of nitrogens with two attached hydrogens (primary N) is 1. The number of likely N-dealkylation sites (tertiary alicyclic amines) is 1. The molecule has 288 valence electrons. The second-order valence-electron chi connectivity index (χ2n) is 14.6. The van der Waals surface area contributed by atoms with Crippen LogP contribution in [0.3, 0.4) is 0 Å². The van der Waals surface area contributed by atoms with E-state index in [0.717, 1.165) is 12.0 Å². The Morgan fingerprint density at radius 3 is 2.08 bits per heavy atom. The molecule has 0 spiro atoms. The number of carbonyl (C=O) groups is 5. The largest absolute Gasteiger partial charge is 0.445 e. The van der Waals surface area contributed by atoms with Crippen molar-refractivity contribution in [3.63, 3.8) is 0 Å². The molecule has 8 atom stereocenters. The SMILES string of the molecule is CC[C@H](C)[C@@H]([C@@H](CC(=O)N1CCC[C@H]1[C@H](OC)[C@@H](C)C(N)=O)OC)N(C)C(=O)[C@@H](NC(=O)[C@H](C(C)C)N(C)C(=O)OCc1ccccc1)C(C)C. The summed E-state index contributed by atoms with van der Waals surface area (Å²) in [7, 11) is 6.25. The average molecular weight is 718 g/mol. The van der Waals surface area contributed by atoms with Crippen LogP contribution in [0.5, 0.6) is 0 Å². The van der Waals surface area contributed by atoms with Gasteiger partial charge >= 0.3 is 6.09 Å². The zero-order valence-corrected chi connectivity index (χ0v) is 32.6. The lowest BCUT2D eigenvalue weighted by Gasteiger charge is -2.41. The van der Waals surface area contributed by atoms with Gasteiger partial charge in [-0.2, -0.15) is 0 Å². The van der Waals surface area contributed by atoms with Crippen LogP contribution < -0.4 is 11.1 Å². The van der Waals surface area contributed by atoms with Crippen LogP contribution in [0.1, 0.15) is 79.7 Å². The first kappa shape index (κ1) is 43.5. The van der Waals surface area contributed by atoms with Crippen molar-refractivity contribution >= 4 is 29.7 Å². The Hall–Kier alpha value is -3.71. The number of ether oxygens (including phenoxy) is 3. The predicted molar refractivity (Wildman–Crippen MR) is 195 cm³/mol. The molecule has 0 aliphatic carbocycles. The summed E-state index contributed by atoms with van der Waals surface area (Å²) in [5, 5.41) is 2.94. The molecule has 3 N–H and O–H groups in total. The Kier molecular flexibility index (Phi) is 17.3. The Labute approximate surface area is 304 Å². The second-order valence-corrected chi connectivity index (χ2v) is 14.6. The van der Waals surface area contributed by atoms with E-state index in [0.29, 0.717) is 19.4 Å². The third-order valence-electron chi connectivity index (χ3n) is 10.3. The molecule has 0 aromatic heterocycles. The summed E-state index contributed by atoms with van der Waals surface area (Å²) in [6.07, 6.45) is 0.302.